The summed E-state index contributed by atoms with van der Waals surface area (Å²) in [6.07, 6.45) is 7.71. The first-order chi connectivity index (χ1) is 16.0. The van der Waals surface area contributed by atoms with Crippen molar-refractivity contribution in [2.75, 3.05) is 32.1 Å². The highest BCUT2D eigenvalue weighted by atomic mass is 16.5. The molecule has 0 radical (unpaired) electrons. The van der Waals surface area contributed by atoms with E-state index in [1.54, 1.807) is 6.20 Å². The maximum Gasteiger partial charge on any atom is 0.154 e. The summed E-state index contributed by atoms with van der Waals surface area (Å²) in [5, 5.41) is 16.1. The normalized spacial score (nSPS) is 17.0. The lowest BCUT2D eigenvalue weighted by molar-refractivity contribution is -0.0290. The molecular weight excluding hydrogens is 416 g/mol. The van der Waals surface area contributed by atoms with E-state index in [-0.39, 0.29) is 6.10 Å². The number of hydrogen-bond donors (Lipinski definition) is 1. The Morgan fingerprint density at radius 1 is 1.09 bits per heavy atom. The number of ether oxygens (including phenoxy) is 1. The smallest absolute Gasteiger partial charge is 0.154 e. The third-order valence-corrected chi connectivity index (χ3v) is 5.83. The average molecular weight is 445 g/mol. The van der Waals surface area contributed by atoms with Gasteiger partial charge in [0, 0.05) is 36.6 Å². The molecule has 33 heavy (non-hydrogen) atoms. The number of fused-ring (bicyclic) bond motifs is 1. The largest absolute Gasteiger partial charge is 0.374 e. The SMILES string of the molecule is CC(C)c1cnnc(Nc2ccc3ncc(-c4cnn(CC5CN(C)CCO5)c4)cc3n2)c1. The summed E-state index contributed by atoms with van der Waals surface area (Å²) in [6, 6.07) is 7.89. The number of rotatable bonds is 6. The van der Waals surface area contributed by atoms with Crippen LogP contribution in [-0.2, 0) is 11.3 Å². The van der Waals surface area contributed by atoms with Gasteiger partial charge in [-0.3, -0.25) is 9.67 Å². The number of anilines is 2. The average Bonchev–Trinajstić information content (AvgIpc) is 3.27. The standard InChI is InChI=1S/C24H28N8O/c1-16(2)17-9-24(30-26-11-17)29-23-5-4-21-22(28-23)8-18(10-25-21)19-12-27-32(13-19)15-20-14-31(3)6-7-33-20/h4-5,8-13,16,20H,6-7,14-15H2,1-3H3,(H,28,29,30). The number of nitrogens with zero attached hydrogens (tertiary/aromatic N) is 7. The lowest BCUT2D eigenvalue weighted by atomic mass is 10.1. The van der Waals surface area contributed by atoms with Gasteiger partial charge in [-0.05, 0) is 42.8 Å². The number of nitrogens with one attached hydrogen (secondary N) is 1. The molecule has 0 spiro atoms. The van der Waals surface area contributed by atoms with Crippen molar-refractivity contribution in [3.05, 3.63) is 54.6 Å². The van der Waals surface area contributed by atoms with Gasteiger partial charge in [0.1, 0.15) is 5.82 Å². The quantitative estimate of drug-likeness (QED) is 0.483. The van der Waals surface area contributed by atoms with Gasteiger partial charge < -0.3 is 15.0 Å². The molecule has 4 aromatic heterocycles. The molecule has 1 unspecified atom stereocenters. The van der Waals surface area contributed by atoms with Crippen LogP contribution in [0.15, 0.2) is 49.1 Å². The Kier molecular flexibility index (Phi) is 5.97. The molecule has 0 saturated carbocycles. The monoisotopic (exact) mass is 444 g/mol. The molecule has 0 bridgehead atoms. The summed E-state index contributed by atoms with van der Waals surface area (Å²) in [6.45, 7) is 7.64. The number of likely N-dealkylation sites (N-methyl/N-ethyl adjacent to an activating group) is 1. The van der Waals surface area contributed by atoms with Crippen LogP contribution in [0, 0.1) is 0 Å². The van der Waals surface area contributed by atoms with Gasteiger partial charge in [-0.15, -0.1) is 5.10 Å². The zero-order chi connectivity index (χ0) is 22.8. The van der Waals surface area contributed by atoms with Crippen molar-refractivity contribution >= 4 is 22.7 Å². The van der Waals surface area contributed by atoms with E-state index in [2.05, 4.69) is 51.4 Å². The van der Waals surface area contributed by atoms with Crippen LogP contribution < -0.4 is 5.32 Å². The summed E-state index contributed by atoms with van der Waals surface area (Å²) in [5.74, 6) is 1.75. The Hall–Kier alpha value is -3.43. The summed E-state index contributed by atoms with van der Waals surface area (Å²) in [5.41, 5.74) is 4.73. The molecule has 1 atom stereocenters. The fourth-order valence-electron chi connectivity index (χ4n) is 3.92. The Balaban J connectivity index is 1.35. The molecule has 4 aromatic rings. The van der Waals surface area contributed by atoms with Crippen LogP contribution >= 0.6 is 0 Å². The Morgan fingerprint density at radius 3 is 2.85 bits per heavy atom. The lowest BCUT2D eigenvalue weighted by Crippen LogP contribution is -2.42. The molecule has 9 nitrogen and oxygen atoms in total. The van der Waals surface area contributed by atoms with Crippen LogP contribution in [0.3, 0.4) is 0 Å². The first-order valence-electron chi connectivity index (χ1n) is 11.2. The maximum atomic E-state index is 5.87. The minimum Gasteiger partial charge on any atom is -0.374 e. The van der Waals surface area contributed by atoms with Crippen LogP contribution in [0.1, 0.15) is 25.3 Å². The highest BCUT2D eigenvalue weighted by Crippen LogP contribution is 2.24. The van der Waals surface area contributed by atoms with E-state index >= 15 is 0 Å². The molecule has 1 aliphatic heterocycles. The van der Waals surface area contributed by atoms with Crippen molar-refractivity contribution in [2.45, 2.75) is 32.4 Å². The maximum absolute atomic E-state index is 5.87. The van der Waals surface area contributed by atoms with E-state index in [0.29, 0.717) is 17.6 Å². The van der Waals surface area contributed by atoms with Crippen molar-refractivity contribution in [2.24, 2.45) is 0 Å². The van der Waals surface area contributed by atoms with E-state index in [0.717, 1.165) is 54.0 Å². The molecule has 9 heteroatoms. The topological polar surface area (TPSA) is 93.9 Å². The molecule has 5 rings (SSSR count). The number of morpholine rings is 1. The molecule has 0 aromatic carbocycles. The summed E-state index contributed by atoms with van der Waals surface area (Å²) < 4.78 is 7.81. The Morgan fingerprint density at radius 2 is 2.00 bits per heavy atom. The third kappa shape index (κ3) is 4.99. The molecule has 5 heterocycles. The Labute approximate surface area is 192 Å². The molecule has 0 amide bonds. The summed E-state index contributed by atoms with van der Waals surface area (Å²) in [4.78, 5) is 11.6. The van der Waals surface area contributed by atoms with Gasteiger partial charge in [0.25, 0.3) is 0 Å². The van der Waals surface area contributed by atoms with Crippen molar-refractivity contribution in [1.29, 1.82) is 0 Å². The van der Waals surface area contributed by atoms with E-state index in [1.165, 1.54) is 0 Å². The number of hydrogen-bond acceptors (Lipinski definition) is 8. The predicted molar refractivity (Wildman–Crippen MR) is 127 cm³/mol. The second kappa shape index (κ2) is 9.21. The van der Waals surface area contributed by atoms with Crippen LogP contribution in [0.2, 0.25) is 0 Å². The van der Waals surface area contributed by atoms with Gasteiger partial charge >= 0.3 is 0 Å². The van der Waals surface area contributed by atoms with Gasteiger partial charge in [0.2, 0.25) is 0 Å². The first-order valence-corrected chi connectivity index (χ1v) is 11.2. The molecular formula is C24H28N8O. The van der Waals surface area contributed by atoms with Crippen molar-refractivity contribution in [3.8, 4) is 11.1 Å². The molecule has 1 aliphatic rings. The second-order valence-corrected chi connectivity index (χ2v) is 8.82. The zero-order valence-electron chi connectivity index (χ0n) is 19.1. The van der Waals surface area contributed by atoms with Gasteiger partial charge in [0.05, 0.1) is 42.7 Å². The summed E-state index contributed by atoms with van der Waals surface area (Å²) in [7, 11) is 2.12. The fourth-order valence-corrected chi connectivity index (χ4v) is 3.92. The number of aromatic nitrogens is 6. The van der Waals surface area contributed by atoms with E-state index < -0.39 is 0 Å². The van der Waals surface area contributed by atoms with E-state index in [4.69, 9.17) is 9.72 Å². The lowest BCUT2D eigenvalue weighted by Gasteiger charge is -2.29. The van der Waals surface area contributed by atoms with E-state index in [1.807, 2.05) is 47.5 Å². The minimum atomic E-state index is 0.152. The minimum absolute atomic E-state index is 0.152. The molecule has 0 aliphatic carbocycles. The molecule has 170 valence electrons. The highest BCUT2D eigenvalue weighted by Gasteiger charge is 2.18. The van der Waals surface area contributed by atoms with Crippen LogP contribution in [-0.4, -0.2) is 67.7 Å². The zero-order valence-corrected chi connectivity index (χ0v) is 19.1. The molecule has 1 N–H and O–H groups in total. The van der Waals surface area contributed by atoms with Crippen molar-refractivity contribution < 1.29 is 4.74 Å². The molecule has 1 fully saturated rings. The third-order valence-electron chi connectivity index (χ3n) is 5.83. The predicted octanol–water partition coefficient (Wildman–Crippen LogP) is 3.48. The fraction of sp³-hybridized carbons (Fsp3) is 0.375. The summed E-state index contributed by atoms with van der Waals surface area (Å²) >= 11 is 0. The second-order valence-electron chi connectivity index (χ2n) is 8.82. The first kappa shape index (κ1) is 21.4. The van der Waals surface area contributed by atoms with Gasteiger partial charge in [-0.2, -0.15) is 10.2 Å². The van der Waals surface area contributed by atoms with E-state index in [9.17, 15) is 0 Å². The molecule has 1 saturated heterocycles. The van der Waals surface area contributed by atoms with Gasteiger partial charge in [0.15, 0.2) is 5.82 Å². The van der Waals surface area contributed by atoms with Crippen molar-refractivity contribution in [1.82, 2.24) is 34.8 Å². The van der Waals surface area contributed by atoms with Crippen LogP contribution in [0.25, 0.3) is 22.2 Å². The van der Waals surface area contributed by atoms with Crippen LogP contribution in [0.5, 0.6) is 0 Å². The van der Waals surface area contributed by atoms with Gasteiger partial charge in [-0.25, -0.2) is 4.98 Å². The Bertz CT molecular complexity index is 1250. The van der Waals surface area contributed by atoms with Gasteiger partial charge in [-0.1, -0.05) is 13.8 Å². The van der Waals surface area contributed by atoms with Crippen LogP contribution in [0.4, 0.5) is 11.6 Å². The highest BCUT2D eigenvalue weighted by molar-refractivity contribution is 5.81. The number of pyridine rings is 2. The van der Waals surface area contributed by atoms with Crippen molar-refractivity contribution in [3.63, 3.8) is 0 Å².